The van der Waals surface area contributed by atoms with Crippen molar-refractivity contribution in [3.8, 4) is 0 Å². The van der Waals surface area contributed by atoms with E-state index in [2.05, 4.69) is 20.9 Å². The van der Waals surface area contributed by atoms with Gasteiger partial charge in [-0.15, -0.1) is 0 Å². The molecule has 2 aliphatic rings. The molecular weight excluding hydrogens is 591 g/mol. The van der Waals surface area contributed by atoms with Gasteiger partial charge in [0.05, 0.1) is 18.0 Å². The van der Waals surface area contributed by atoms with Crippen molar-refractivity contribution in [3.05, 3.63) is 68.7 Å². The Morgan fingerprint density at radius 3 is 2.44 bits per heavy atom. The van der Waals surface area contributed by atoms with Gasteiger partial charge in [0.2, 0.25) is 5.95 Å². The van der Waals surface area contributed by atoms with Crippen LogP contribution in [0, 0.1) is 0 Å². The van der Waals surface area contributed by atoms with Crippen molar-refractivity contribution in [2.24, 2.45) is 0 Å². The fourth-order valence-corrected chi connectivity index (χ4v) is 7.31. The van der Waals surface area contributed by atoms with Crippen LogP contribution in [0.5, 0.6) is 0 Å². The number of benzene rings is 2. The number of hydrogen-bond acceptors (Lipinski definition) is 5. The second-order valence-corrected chi connectivity index (χ2v) is 12.8. The zero-order chi connectivity index (χ0) is 25.8. The Bertz CT molecular complexity index is 1430. The number of imidazole rings is 1. The van der Waals surface area contributed by atoms with Gasteiger partial charge in [0.25, 0.3) is 15.9 Å². The predicted octanol–water partition coefficient (Wildman–Crippen LogP) is 5.00. The average molecular weight is 614 g/mol. The van der Waals surface area contributed by atoms with Crippen LogP contribution >= 0.6 is 39.1 Å². The number of halogens is 3. The number of aromatic nitrogens is 2. The van der Waals surface area contributed by atoms with Gasteiger partial charge in [-0.05, 0) is 49.2 Å². The van der Waals surface area contributed by atoms with E-state index >= 15 is 0 Å². The Morgan fingerprint density at radius 2 is 1.83 bits per heavy atom. The lowest BCUT2D eigenvalue weighted by molar-refractivity contribution is -0.124. The van der Waals surface area contributed by atoms with Crippen LogP contribution in [-0.4, -0.2) is 54.5 Å². The van der Waals surface area contributed by atoms with Gasteiger partial charge in [0.1, 0.15) is 5.54 Å². The molecule has 0 aliphatic carbocycles. The number of amides is 1. The molecule has 36 heavy (non-hydrogen) atoms. The Balaban J connectivity index is 1.67. The molecule has 2 aliphatic heterocycles. The van der Waals surface area contributed by atoms with Crippen molar-refractivity contribution < 1.29 is 17.9 Å². The van der Waals surface area contributed by atoms with E-state index in [-0.39, 0.29) is 36.0 Å². The first kappa shape index (κ1) is 25.7. The monoisotopic (exact) mass is 612 g/mol. The molecule has 2 atom stereocenters. The maximum atomic E-state index is 14.1. The van der Waals surface area contributed by atoms with Gasteiger partial charge >= 0.3 is 0 Å². The summed E-state index contributed by atoms with van der Waals surface area (Å²) in [4.78, 5) is 19.9. The van der Waals surface area contributed by atoms with Crippen LogP contribution in [0.2, 0.25) is 10.0 Å². The molecular formula is C24H23BrCl2N4O4S. The molecule has 5 rings (SSSR count). The van der Waals surface area contributed by atoms with Gasteiger partial charge in [-0.2, -0.15) is 4.31 Å². The molecule has 1 amide bonds. The molecule has 0 spiro atoms. The first-order valence-corrected chi connectivity index (χ1v) is 14.2. The lowest BCUT2D eigenvalue weighted by atomic mass is 9.92. The fraction of sp³-hybridized carbons (Fsp3) is 0.333. The zero-order valence-electron chi connectivity index (χ0n) is 19.5. The summed E-state index contributed by atoms with van der Waals surface area (Å²) in [7, 11) is -2.40. The van der Waals surface area contributed by atoms with Gasteiger partial charge in [-0.1, -0.05) is 51.3 Å². The van der Waals surface area contributed by atoms with Crippen molar-refractivity contribution >= 4 is 66.7 Å². The Kier molecular flexibility index (Phi) is 6.72. The first-order valence-electron chi connectivity index (χ1n) is 11.2. The molecule has 2 unspecified atom stereocenters. The van der Waals surface area contributed by atoms with E-state index in [1.807, 2.05) is 24.3 Å². The Labute approximate surface area is 227 Å². The van der Waals surface area contributed by atoms with E-state index in [4.69, 9.17) is 27.9 Å². The molecule has 3 heterocycles. The lowest BCUT2D eigenvalue weighted by Crippen LogP contribution is -2.43. The number of anilines is 2. The van der Waals surface area contributed by atoms with Crippen LogP contribution in [-0.2, 0) is 31.5 Å². The van der Waals surface area contributed by atoms with Crippen molar-refractivity contribution in [1.82, 2.24) is 13.9 Å². The lowest BCUT2D eigenvalue weighted by Gasteiger charge is -2.27. The highest BCUT2D eigenvalue weighted by atomic mass is 79.9. The topological polar surface area (TPSA) is 84.7 Å². The number of fused-ring (bicyclic) bond motifs is 1. The molecule has 8 nitrogen and oxygen atoms in total. The molecule has 0 saturated carbocycles. The molecule has 0 radical (unpaired) electrons. The van der Waals surface area contributed by atoms with Gasteiger partial charge in [-0.3, -0.25) is 9.36 Å². The van der Waals surface area contributed by atoms with Crippen LogP contribution < -0.4 is 4.90 Å². The van der Waals surface area contributed by atoms with Crippen LogP contribution in [0.25, 0.3) is 0 Å². The highest BCUT2D eigenvalue weighted by Crippen LogP contribution is 2.45. The molecule has 1 fully saturated rings. The second-order valence-electron chi connectivity index (χ2n) is 9.09. The first-order chi connectivity index (χ1) is 17.0. The smallest absolute Gasteiger partial charge is 0.260 e. The predicted molar refractivity (Wildman–Crippen MR) is 142 cm³/mol. The number of methoxy groups -OCH3 is 1. The summed E-state index contributed by atoms with van der Waals surface area (Å²) in [5.41, 5.74) is -0.00543. The third-order valence-corrected chi connectivity index (χ3v) is 9.47. The van der Waals surface area contributed by atoms with Gasteiger partial charge < -0.3 is 4.74 Å². The van der Waals surface area contributed by atoms with E-state index in [1.165, 1.54) is 20.0 Å². The van der Waals surface area contributed by atoms with E-state index in [1.54, 1.807) is 32.2 Å². The van der Waals surface area contributed by atoms with Crippen molar-refractivity contribution in [3.63, 3.8) is 0 Å². The molecule has 0 bridgehead atoms. The number of ether oxygens (including phenoxy) is 1. The van der Waals surface area contributed by atoms with Crippen molar-refractivity contribution in [1.29, 1.82) is 0 Å². The molecule has 12 heteroatoms. The van der Waals surface area contributed by atoms with Gasteiger partial charge in [0, 0.05) is 41.1 Å². The molecule has 190 valence electrons. The molecule has 0 N–H and O–H groups in total. The Hall–Kier alpha value is -1.95. The molecule has 1 aromatic heterocycles. The van der Waals surface area contributed by atoms with Gasteiger partial charge in [-0.25, -0.2) is 18.3 Å². The number of nitrogens with zero attached hydrogens (tertiary/aromatic N) is 4. The minimum absolute atomic E-state index is 0.0437. The largest absolute Gasteiger partial charge is 0.380 e. The normalized spacial score (nSPS) is 22.4. The standard InChI is InChI=1S/C24H23BrCl2N4O4S/c1-24(12-15-3-5-16(25)6-4-15)22(32)30(19-10-17(26)9-18(27)11-19)23-28-13-21(31(23)24)36(33,34)29-8-7-20(14-29)35-2/h3-6,9-11,13,20H,7-8,12,14H2,1-2H3. The molecule has 1 saturated heterocycles. The maximum Gasteiger partial charge on any atom is 0.260 e. The fourth-order valence-electron chi connectivity index (χ4n) is 4.85. The van der Waals surface area contributed by atoms with E-state index < -0.39 is 15.6 Å². The Morgan fingerprint density at radius 1 is 1.17 bits per heavy atom. The quantitative estimate of drug-likeness (QED) is 0.391. The minimum atomic E-state index is -3.96. The molecule has 2 aromatic carbocycles. The molecule has 3 aromatic rings. The highest BCUT2D eigenvalue weighted by molar-refractivity contribution is 9.10. The van der Waals surface area contributed by atoms with E-state index in [0.29, 0.717) is 28.7 Å². The van der Waals surface area contributed by atoms with Crippen LogP contribution in [0.15, 0.2) is 58.2 Å². The van der Waals surface area contributed by atoms with Crippen LogP contribution in [0.4, 0.5) is 11.6 Å². The third-order valence-electron chi connectivity index (χ3n) is 6.68. The van der Waals surface area contributed by atoms with Crippen molar-refractivity contribution in [2.45, 2.75) is 36.4 Å². The zero-order valence-corrected chi connectivity index (χ0v) is 23.4. The number of sulfonamides is 1. The summed E-state index contributed by atoms with van der Waals surface area (Å²) in [6.45, 7) is 2.30. The number of carbonyl (C=O) groups is 1. The summed E-state index contributed by atoms with van der Waals surface area (Å²) in [6.07, 6.45) is 1.98. The number of carbonyl (C=O) groups excluding carboxylic acids is 1. The number of rotatable bonds is 6. The minimum Gasteiger partial charge on any atom is -0.380 e. The third kappa shape index (κ3) is 4.27. The summed E-state index contributed by atoms with van der Waals surface area (Å²) in [6, 6.07) is 12.3. The summed E-state index contributed by atoms with van der Waals surface area (Å²) in [5, 5.41) is 0.652. The maximum absolute atomic E-state index is 14.1. The van der Waals surface area contributed by atoms with Crippen LogP contribution in [0.3, 0.4) is 0 Å². The van der Waals surface area contributed by atoms with E-state index in [0.717, 1.165) is 10.0 Å². The summed E-state index contributed by atoms with van der Waals surface area (Å²) < 4.78 is 36.8. The van der Waals surface area contributed by atoms with Crippen molar-refractivity contribution in [2.75, 3.05) is 25.1 Å². The SMILES string of the molecule is COC1CCN(S(=O)(=O)c2cnc3n2C(C)(Cc2ccc(Br)cc2)C(=O)N3c2cc(Cl)cc(Cl)c2)C1. The summed E-state index contributed by atoms with van der Waals surface area (Å²) in [5.74, 6) is -0.140. The number of hydrogen-bond donors (Lipinski definition) is 0. The van der Waals surface area contributed by atoms with E-state index in [9.17, 15) is 13.2 Å². The summed E-state index contributed by atoms with van der Waals surface area (Å²) >= 11 is 15.9. The average Bonchev–Trinajstić information content (AvgIpc) is 3.52. The van der Waals surface area contributed by atoms with Crippen LogP contribution in [0.1, 0.15) is 18.9 Å². The second kappa shape index (κ2) is 9.41. The van der Waals surface area contributed by atoms with Gasteiger partial charge in [0.15, 0.2) is 5.03 Å². The highest BCUT2D eigenvalue weighted by Gasteiger charge is 2.52.